The number of thiophene rings is 1. The van der Waals surface area contributed by atoms with Crippen LogP contribution in [0.15, 0.2) is 60.7 Å². The lowest BCUT2D eigenvalue weighted by molar-refractivity contribution is -0.114. The maximum atomic E-state index is 12.4. The lowest BCUT2D eigenvalue weighted by Crippen LogP contribution is -2.10. The zero-order valence-corrected chi connectivity index (χ0v) is 17.4. The van der Waals surface area contributed by atoms with Crippen molar-refractivity contribution in [3.8, 4) is 16.2 Å². The van der Waals surface area contributed by atoms with Gasteiger partial charge in [-0.1, -0.05) is 29.8 Å². The molecule has 29 heavy (non-hydrogen) atoms. The number of benzene rings is 2. The van der Waals surface area contributed by atoms with E-state index < -0.39 is 0 Å². The van der Waals surface area contributed by atoms with Crippen molar-refractivity contribution in [1.82, 2.24) is 0 Å². The topological polar surface area (TPSA) is 67.4 Å². The molecule has 0 radical (unpaired) electrons. The van der Waals surface area contributed by atoms with Crippen LogP contribution in [0.1, 0.15) is 11.8 Å². The summed E-state index contributed by atoms with van der Waals surface area (Å²) >= 11 is 7.79. The fourth-order valence-corrected chi connectivity index (χ4v) is 3.91. The van der Waals surface area contributed by atoms with Crippen LogP contribution in [0.3, 0.4) is 0 Å². The van der Waals surface area contributed by atoms with E-state index >= 15 is 0 Å². The van der Waals surface area contributed by atoms with Crippen molar-refractivity contribution in [2.45, 2.75) is 6.92 Å². The van der Waals surface area contributed by atoms with Gasteiger partial charge in [0.2, 0.25) is 11.8 Å². The summed E-state index contributed by atoms with van der Waals surface area (Å²) in [5, 5.41) is 6.14. The second kappa shape index (κ2) is 9.41. The van der Waals surface area contributed by atoms with Crippen LogP contribution in [-0.4, -0.2) is 18.9 Å². The molecule has 0 bridgehead atoms. The molecule has 0 aliphatic heterocycles. The Bertz CT molecular complexity index is 1080. The lowest BCUT2D eigenvalue weighted by Gasteiger charge is -2.11. The van der Waals surface area contributed by atoms with Crippen molar-refractivity contribution in [1.29, 1.82) is 0 Å². The second-order valence-electron chi connectivity index (χ2n) is 6.10. The molecule has 3 rings (SSSR count). The van der Waals surface area contributed by atoms with E-state index in [1.807, 2.05) is 36.4 Å². The minimum atomic E-state index is -0.309. The van der Waals surface area contributed by atoms with Gasteiger partial charge in [0.05, 0.1) is 12.8 Å². The third kappa shape index (κ3) is 5.47. The van der Waals surface area contributed by atoms with Crippen LogP contribution in [0.5, 0.6) is 5.75 Å². The first-order valence-corrected chi connectivity index (χ1v) is 9.95. The fraction of sp³-hybridized carbons (Fsp3) is 0.0909. The number of amides is 2. The van der Waals surface area contributed by atoms with E-state index in [1.165, 1.54) is 20.1 Å². The molecule has 0 saturated heterocycles. The maximum absolute atomic E-state index is 12.4. The summed E-state index contributed by atoms with van der Waals surface area (Å²) in [7, 11) is 1.51. The fourth-order valence-electron chi connectivity index (χ4n) is 2.67. The number of carbonyl (C=O) groups is 2. The summed E-state index contributed by atoms with van der Waals surface area (Å²) in [5.74, 6) is -0.00620. The molecule has 3 aromatic rings. The number of carbonyl (C=O) groups excluding carboxylic acids is 2. The molecule has 0 fully saturated rings. The first-order chi connectivity index (χ1) is 14.0. The number of hydrogen-bond acceptors (Lipinski definition) is 4. The van der Waals surface area contributed by atoms with Crippen LogP contribution in [0.2, 0.25) is 5.02 Å². The van der Waals surface area contributed by atoms with Gasteiger partial charge >= 0.3 is 0 Å². The lowest BCUT2D eigenvalue weighted by atomic mass is 10.2. The van der Waals surface area contributed by atoms with E-state index in [-0.39, 0.29) is 11.8 Å². The monoisotopic (exact) mass is 426 g/mol. The van der Waals surface area contributed by atoms with Crippen LogP contribution in [0.4, 0.5) is 11.4 Å². The number of halogens is 1. The van der Waals surface area contributed by atoms with Crippen molar-refractivity contribution in [3.63, 3.8) is 0 Å². The Hall–Kier alpha value is -3.09. The summed E-state index contributed by atoms with van der Waals surface area (Å²) in [6.07, 6.45) is 3.19. The van der Waals surface area contributed by atoms with Crippen molar-refractivity contribution in [2.24, 2.45) is 0 Å². The van der Waals surface area contributed by atoms with Gasteiger partial charge < -0.3 is 15.4 Å². The van der Waals surface area contributed by atoms with Crippen molar-refractivity contribution in [3.05, 3.63) is 70.6 Å². The highest BCUT2D eigenvalue weighted by molar-refractivity contribution is 7.16. The molecule has 0 spiro atoms. The summed E-state index contributed by atoms with van der Waals surface area (Å²) in [6, 6.07) is 16.6. The number of anilines is 2. The van der Waals surface area contributed by atoms with Gasteiger partial charge in [-0.2, -0.15) is 0 Å². The largest absolute Gasteiger partial charge is 0.495 e. The summed E-state index contributed by atoms with van der Waals surface area (Å²) in [4.78, 5) is 25.6. The van der Waals surface area contributed by atoms with E-state index in [1.54, 1.807) is 35.6 Å². The average Bonchev–Trinajstić information content (AvgIpc) is 3.15. The van der Waals surface area contributed by atoms with Gasteiger partial charge in [-0.3, -0.25) is 9.59 Å². The van der Waals surface area contributed by atoms with Crippen LogP contribution in [0.25, 0.3) is 16.5 Å². The van der Waals surface area contributed by atoms with Gasteiger partial charge in [0.25, 0.3) is 0 Å². The van der Waals surface area contributed by atoms with Crippen LogP contribution in [0, 0.1) is 0 Å². The summed E-state index contributed by atoms with van der Waals surface area (Å²) in [6.45, 7) is 1.42. The molecule has 1 heterocycles. The Morgan fingerprint density at radius 1 is 1.07 bits per heavy atom. The molecule has 7 heteroatoms. The SMILES string of the molecule is COc1ccc(NC(C)=O)cc1NC(=O)C=Cc1ccc(-c2ccccc2Cl)s1. The van der Waals surface area contributed by atoms with Crippen LogP contribution >= 0.6 is 22.9 Å². The Labute approximate surface area is 178 Å². The second-order valence-corrected chi connectivity index (χ2v) is 7.62. The third-order valence-corrected chi connectivity index (χ3v) is 5.36. The molecule has 5 nitrogen and oxygen atoms in total. The van der Waals surface area contributed by atoms with Crippen LogP contribution < -0.4 is 15.4 Å². The standard InChI is InChI=1S/C22H19ClN2O3S/c1-14(26)24-15-7-10-20(28-2)19(13-15)25-22(27)12-9-16-8-11-21(29-16)17-5-3-4-6-18(17)23/h3-13H,1-2H3,(H,24,26)(H,25,27). The van der Waals surface area contributed by atoms with Crippen molar-refractivity contribution in [2.75, 3.05) is 17.7 Å². The van der Waals surface area contributed by atoms with Gasteiger partial charge in [0.1, 0.15) is 5.75 Å². The van der Waals surface area contributed by atoms with E-state index in [2.05, 4.69) is 10.6 Å². The van der Waals surface area contributed by atoms with Crippen LogP contribution in [-0.2, 0) is 9.59 Å². The number of rotatable bonds is 6. The zero-order valence-electron chi connectivity index (χ0n) is 15.9. The van der Waals surface area contributed by atoms with Gasteiger partial charge in [-0.15, -0.1) is 11.3 Å². The predicted molar refractivity (Wildman–Crippen MR) is 120 cm³/mol. The first kappa shape index (κ1) is 20.6. The minimum absolute atomic E-state index is 0.195. The molecule has 0 atom stereocenters. The quantitative estimate of drug-likeness (QED) is 0.498. The van der Waals surface area contributed by atoms with Crippen molar-refractivity contribution < 1.29 is 14.3 Å². The molecule has 0 unspecified atom stereocenters. The number of hydrogen-bond donors (Lipinski definition) is 2. The van der Waals surface area contributed by atoms with Gasteiger partial charge in [0, 0.05) is 39.0 Å². The first-order valence-electron chi connectivity index (χ1n) is 8.75. The molecule has 0 saturated carbocycles. The molecule has 2 amide bonds. The summed E-state index contributed by atoms with van der Waals surface area (Å²) < 4.78 is 5.27. The van der Waals surface area contributed by atoms with E-state index in [9.17, 15) is 9.59 Å². The van der Waals surface area contributed by atoms with Gasteiger partial charge in [-0.05, 0) is 42.5 Å². The number of nitrogens with one attached hydrogen (secondary N) is 2. The normalized spacial score (nSPS) is 10.7. The van der Waals surface area contributed by atoms with E-state index in [4.69, 9.17) is 16.3 Å². The molecule has 0 aliphatic carbocycles. The molecule has 0 aliphatic rings. The molecule has 148 valence electrons. The Morgan fingerprint density at radius 3 is 2.59 bits per heavy atom. The van der Waals surface area contributed by atoms with Gasteiger partial charge in [-0.25, -0.2) is 0 Å². The van der Waals surface area contributed by atoms with E-state index in [0.29, 0.717) is 22.1 Å². The third-order valence-electron chi connectivity index (χ3n) is 3.94. The summed E-state index contributed by atoms with van der Waals surface area (Å²) in [5.41, 5.74) is 2.00. The molecule has 2 N–H and O–H groups in total. The number of methoxy groups -OCH3 is 1. The number of ether oxygens (including phenoxy) is 1. The average molecular weight is 427 g/mol. The Balaban J connectivity index is 1.72. The molecular formula is C22H19ClN2O3S. The smallest absolute Gasteiger partial charge is 0.248 e. The highest BCUT2D eigenvalue weighted by Gasteiger charge is 2.09. The Morgan fingerprint density at radius 2 is 1.86 bits per heavy atom. The molecular weight excluding hydrogens is 408 g/mol. The zero-order chi connectivity index (χ0) is 20.8. The molecule has 1 aromatic heterocycles. The Kier molecular flexibility index (Phi) is 6.69. The predicted octanol–water partition coefficient (Wildman–Crippen LogP) is 5.69. The highest BCUT2D eigenvalue weighted by atomic mass is 35.5. The molecule has 2 aromatic carbocycles. The maximum Gasteiger partial charge on any atom is 0.248 e. The van der Waals surface area contributed by atoms with E-state index in [0.717, 1.165) is 15.3 Å². The van der Waals surface area contributed by atoms with Crippen molar-refractivity contribution >= 4 is 52.2 Å². The highest BCUT2D eigenvalue weighted by Crippen LogP contribution is 2.33. The minimum Gasteiger partial charge on any atom is -0.495 e. The van der Waals surface area contributed by atoms with Gasteiger partial charge in [0.15, 0.2) is 0 Å².